The largest absolute Gasteiger partial charge is 0.427 e. The first-order chi connectivity index (χ1) is 9.65. The number of allylic oxidation sites excluding steroid dienone is 1. The predicted molar refractivity (Wildman–Crippen MR) is 81.6 cm³/mol. The van der Waals surface area contributed by atoms with Crippen LogP contribution in [0.25, 0.3) is 6.08 Å². The van der Waals surface area contributed by atoms with Gasteiger partial charge in [-0.25, -0.2) is 0 Å². The normalized spacial score (nSPS) is 12.3. The lowest BCUT2D eigenvalue weighted by Crippen LogP contribution is -2.00. The van der Waals surface area contributed by atoms with E-state index in [0.717, 1.165) is 5.56 Å². The number of carbonyl (C=O) groups excluding carboxylic acids is 1. The molecule has 0 aliphatic carbocycles. The van der Waals surface area contributed by atoms with Gasteiger partial charge in [0.2, 0.25) is 0 Å². The molecule has 0 saturated heterocycles. The van der Waals surface area contributed by atoms with E-state index in [0.29, 0.717) is 11.7 Å². The van der Waals surface area contributed by atoms with Crippen molar-refractivity contribution in [3.8, 4) is 5.75 Å². The molecule has 20 heavy (non-hydrogen) atoms. The standard InChI is InChI=1S/C18H18O2/c1-14(17-6-4-3-5-7-17)8-9-16-10-12-18(13-11-16)20-15(2)19/h3-14H,1-2H3. The van der Waals surface area contributed by atoms with Gasteiger partial charge in [0.1, 0.15) is 5.75 Å². The first-order valence-corrected chi connectivity index (χ1v) is 6.67. The van der Waals surface area contributed by atoms with Crippen molar-refractivity contribution in [2.24, 2.45) is 0 Å². The Morgan fingerprint density at radius 3 is 2.30 bits per heavy atom. The Balaban J connectivity index is 2.02. The quantitative estimate of drug-likeness (QED) is 0.604. The highest BCUT2D eigenvalue weighted by Gasteiger charge is 2.00. The average Bonchev–Trinajstić information content (AvgIpc) is 2.46. The summed E-state index contributed by atoms with van der Waals surface area (Å²) >= 11 is 0. The minimum absolute atomic E-state index is 0.300. The molecule has 2 rings (SSSR count). The van der Waals surface area contributed by atoms with Crippen molar-refractivity contribution in [2.75, 3.05) is 0 Å². The van der Waals surface area contributed by atoms with Crippen molar-refractivity contribution in [3.05, 3.63) is 71.8 Å². The van der Waals surface area contributed by atoms with E-state index in [4.69, 9.17) is 4.74 Å². The molecule has 2 heteroatoms. The monoisotopic (exact) mass is 266 g/mol. The summed E-state index contributed by atoms with van der Waals surface area (Å²) in [6.07, 6.45) is 4.24. The summed E-state index contributed by atoms with van der Waals surface area (Å²) in [6.45, 7) is 3.56. The van der Waals surface area contributed by atoms with Crippen LogP contribution in [0.5, 0.6) is 5.75 Å². The van der Waals surface area contributed by atoms with Gasteiger partial charge >= 0.3 is 5.97 Å². The van der Waals surface area contributed by atoms with E-state index in [9.17, 15) is 4.79 Å². The molecular formula is C18H18O2. The molecule has 1 unspecified atom stereocenters. The molecule has 2 aromatic rings. The van der Waals surface area contributed by atoms with Crippen molar-refractivity contribution in [2.45, 2.75) is 19.8 Å². The van der Waals surface area contributed by atoms with Gasteiger partial charge in [0.05, 0.1) is 0 Å². The molecule has 0 aromatic heterocycles. The van der Waals surface area contributed by atoms with Gasteiger partial charge in [-0.3, -0.25) is 4.79 Å². The second-order valence-corrected chi connectivity index (χ2v) is 4.72. The number of benzene rings is 2. The maximum absolute atomic E-state index is 10.8. The second-order valence-electron chi connectivity index (χ2n) is 4.72. The van der Waals surface area contributed by atoms with Gasteiger partial charge in [-0.1, -0.05) is 61.5 Å². The predicted octanol–water partition coefficient (Wildman–Crippen LogP) is 4.43. The Hall–Kier alpha value is -2.35. The van der Waals surface area contributed by atoms with Crippen molar-refractivity contribution in [1.82, 2.24) is 0 Å². The van der Waals surface area contributed by atoms with Crippen LogP contribution in [0.15, 0.2) is 60.7 Å². The molecule has 102 valence electrons. The molecule has 0 aliphatic heterocycles. The molecule has 0 heterocycles. The molecule has 1 atom stereocenters. The van der Waals surface area contributed by atoms with Gasteiger partial charge in [0, 0.05) is 6.92 Å². The molecular weight excluding hydrogens is 248 g/mol. The molecule has 0 bridgehead atoms. The van der Waals surface area contributed by atoms with Crippen LogP contribution < -0.4 is 4.74 Å². The molecule has 2 nitrogen and oxygen atoms in total. The van der Waals surface area contributed by atoms with Crippen molar-refractivity contribution in [1.29, 1.82) is 0 Å². The maximum atomic E-state index is 10.8. The molecule has 2 aromatic carbocycles. The molecule has 0 aliphatic rings. The Morgan fingerprint density at radius 1 is 1.05 bits per heavy atom. The summed E-state index contributed by atoms with van der Waals surface area (Å²) in [4.78, 5) is 10.8. The van der Waals surface area contributed by atoms with Crippen LogP contribution in [0.1, 0.15) is 30.9 Å². The van der Waals surface area contributed by atoms with Gasteiger partial charge in [0.15, 0.2) is 0 Å². The summed E-state index contributed by atoms with van der Waals surface area (Å²) in [7, 11) is 0. The third-order valence-electron chi connectivity index (χ3n) is 3.04. The lowest BCUT2D eigenvalue weighted by molar-refractivity contribution is -0.131. The van der Waals surface area contributed by atoms with Gasteiger partial charge in [-0.15, -0.1) is 0 Å². The van der Waals surface area contributed by atoms with Crippen LogP contribution in [0.3, 0.4) is 0 Å². The Morgan fingerprint density at radius 2 is 1.70 bits per heavy atom. The van der Waals surface area contributed by atoms with E-state index in [1.807, 2.05) is 30.3 Å². The maximum Gasteiger partial charge on any atom is 0.308 e. The SMILES string of the molecule is CC(=O)Oc1ccc(C=CC(C)c2ccccc2)cc1. The fraction of sp³-hybridized carbons (Fsp3) is 0.167. The fourth-order valence-corrected chi connectivity index (χ4v) is 1.94. The lowest BCUT2D eigenvalue weighted by Gasteiger charge is -2.06. The van der Waals surface area contributed by atoms with Gasteiger partial charge in [0.25, 0.3) is 0 Å². The molecule has 0 N–H and O–H groups in total. The van der Waals surface area contributed by atoms with Crippen LogP contribution >= 0.6 is 0 Å². The molecule has 0 amide bonds. The third-order valence-corrected chi connectivity index (χ3v) is 3.04. The third kappa shape index (κ3) is 4.09. The number of hydrogen-bond donors (Lipinski definition) is 0. The first-order valence-electron chi connectivity index (χ1n) is 6.67. The first kappa shape index (κ1) is 14.1. The minimum atomic E-state index is -0.300. The number of ether oxygens (including phenoxy) is 1. The zero-order valence-electron chi connectivity index (χ0n) is 11.7. The van der Waals surface area contributed by atoms with Crippen LogP contribution in [-0.2, 0) is 4.79 Å². The van der Waals surface area contributed by atoms with E-state index in [1.165, 1.54) is 12.5 Å². The number of esters is 1. The van der Waals surface area contributed by atoms with Crippen LogP contribution in [0, 0.1) is 0 Å². The highest BCUT2D eigenvalue weighted by molar-refractivity contribution is 5.69. The average molecular weight is 266 g/mol. The van der Waals surface area contributed by atoms with Crippen LogP contribution in [-0.4, -0.2) is 5.97 Å². The van der Waals surface area contributed by atoms with E-state index < -0.39 is 0 Å². The van der Waals surface area contributed by atoms with E-state index in [1.54, 1.807) is 12.1 Å². The molecule has 0 fully saturated rings. The van der Waals surface area contributed by atoms with Gasteiger partial charge in [-0.05, 0) is 29.2 Å². The molecule has 0 saturated carbocycles. The Labute approximate surface area is 119 Å². The fourth-order valence-electron chi connectivity index (χ4n) is 1.94. The zero-order chi connectivity index (χ0) is 14.4. The zero-order valence-corrected chi connectivity index (χ0v) is 11.7. The van der Waals surface area contributed by atoms with Crippen molar-refractivity contribution < 1.29 is 9.53 Å². The minimum Gasteiger partial charge on any atom is -0.427 e. The van der Waals surface area contributed by atoms with Gasteiger partial charge < -0.3 is 4.74 Å². The van der Waals surface area contributed by atoms with E-state index in [-0.39, 0.29) is 5.97 Å². The van der Waals surface area contributed by atoms with E-state index >= 15 is 0 Å². The van der Waals surface area contributed by atoms with Crippen molar-refractivity contribution in [3.63, 3.8) is 0 Å². The Bertz CT molecular complexity index is 583. The molecule has 0 radical (unpaired) electrons. The second kappa shape index (κ2) is 6.71. The summed E-state index contributed by atoms with van der Waals surface area (Å²) in [5.41, 5.74) is 2.38. The topological polar surface area (TPSA) is 26.3 Å². The number of carbonyl (C=O) groups is 1. The summed E-state index contributed by atoms with van der Waals surface area (Å²) in [6, 6.07) is 17.8. The summed E-state index contributed by atoms with van der Waals surface area (Å²) in [5.74, 6) is 0.640. The summed E-state index contributed by atoms with van der Waals surface area (Å²) in [5, 5.41) is 0. The molecule has 0 spiro atoms. The van der Waals surface area contributed by atoms with Crippen LogP contribution in [0.4, 0.5) is 0 Å². The number of hydrogen-bond acceptors (Lipinski definition) is 2. The lowest BCUT2D eigenvalue weighted by atomic mass is 10.00. The Kier molecular flexibility index (Phi) is 4.72. The highest BCUT2D eigenvalue weighted by Crippen LogP contribution is 2.19. The highest BCUT2D eigenvalue weighted by atomic mass is 16.5. The smallest absolute Gasteiger partial charge is 0.308 e. The number of rotatable bonds is 4. The summed E-state index contributed by atoms with van der Waals surface area (Å²) < 4.78 is 5.00. The van der Waals surface area contributed by atoms with Gasteiger partial charge in [-0.2, -0.15) is 0 Å². The van der Waals surface area contributed by atoms with Crippen molar-refractivity contribution >= 4 is 12.0 Å². The van der Waals surface area contributed by atoms with Crippen LogP contribution in [0.2, 0.25) is 0 Å². The van der Waals surface area contributed by atoms with E-state index in [2.05, 4.69) is 31.2 Å².